The zero-order valence-electron chi connectivity index (χ0n) is 19.0. The normalized spacial score (nSPS) is 22.4. The van der Waals surface area contributed by atoms with Crippen LogP contribution in [0.4, 0.5) is 32.4 Å². The maximum absolute atomic E-state index is 13.6. The number of nitrogens with one attached hydrogen (secondary N) is 2. The smallest absolute Gasteiger partial charge is 0.365 e. The first-order chi connectivity index (χ1) is 16.9. The lowest BCUT2D eigenvalue weighted by Gasteiger charge is -2.41. The summed E-state index contributed by atoms with van der Waals surface area (Å²) >= 11 is 0. The summed E-state index contributed by atoms with van der Waals surface area (Å²) in [4.78, 5) is 44.2. The van der Waals surface area contributed by atoms with Crippen molar-refractivity contribution >= 4 is 23.5 Å². The number of anilines is 1. The van der Waals surface area contributed by atoms with Crippen LogP contribution in [0.5, 0.6) is 0 Å². The van der Waals surface area contributed by atoms with Crippen LogP contribution in [0.1, 0.15) is 31.0 Å². The number of halogens is 5. The molecule has 2 fully saturated rings. The van der Waals surface area contributed by atoms with E-state index in [1.807, 2.05) is 0 Å². The first-order valence-corrected chi connectivity index (χ1v) is 11.1. The molecule has 8 nitrogen and oxygen atoms in total. The van der Waals surface area contributed by atoms with Crippen LogP contribution in [-0.2, 0) is 21.3 Å². The molecule has 4 amide bonds. The van der Waals surface area contributed by atoms with E-state index in [-0.39, 0.29) is 43.4 Å². The highest BCUT2D eigenvalue weighted by Crippen LogP contribution is 2.33. The van der Waals surface area contributed by atoms with E-state index < -0.39 is 41.0 Å². The van der Waals surface area contributed by atoms with Crippen molar-refractivity contribution in [2.45, 2.75) is 37.5 Å². The van der Waals surface area contributed by atoms with Gasteiger partial charge in [-0.05, 0) is 31.5 Å². The summed E-state index contributed by atoms with van der Waals surface area (Å²) in [6.45, 7) is 2.59. The molecule has 2 atom stereocenters. The van der Waals surface area contributed by atoms with Crippen LogP contribution in [0.3, 0.4) is 0 Å². The van der Waals surface area contributed by atoms with Gasteiger partial charge in [0.05, 0.1) is 0 Å². The van der Waals surface area contributed by atoms with Gasteiger partial charge in [-0.2, -0.15) is 13.2 Å². The fraction of sp³-hybridized carbons (Fsp3) is 0.391. The van der Waals surface area contributed by atoms with Gasteiger partial charge >= 0.3 is 12.2 Å². The second-order valence-electron chi connectivity index (χ2n) is 8.75. The third kappa shape index (κ3) is 4.95. The largest absolute Gasteiger partial charge is 0.433 e. The van der Waals surface area contributed by atoms with Gasteiger partial charge in [0.1, 0.15) is 22.9 Å². The van der Waals surface area contributed by atoms with Gasteiger partial charge in [0.15, 0.2) is 0 Å². The molecule has 0 radical (unpaired) electrons. The number of carbonyl (C=O) groups excluding carboxylic acids is 3. The number of benzene rings is 1. The lowest BCUT2D eigenvalue weighted by molar-refractivity contribution is -0.141. The van der Waals surface area contributed by atoms with E-state index in [0.717, 1.165) is 18.3 Å². The lowest BCUT2D eigenvalue weighted by Crippen LogP contribution is -2.54. The van der Waals surface area contributed by atoms with Crippen LogP contribution in [0, 0.1) is 11.6 Å². The molecule has 2 aliphatic heterocycles. The minimum Gasteiger partial charge on any atom is -0.365 e. The summed E-state index contributed by atoms with van der Waals surface area (Å²) < 4.78 is 65.9. The van der Waals surface area contributed by atoms with Crippen molar-refractivity contribution in [3.8, 4) is 0 Å². The minimum absolute atomic E-state index is 0.0120. The van der Waals surface area contributed by atoms with Gasteiger partial charge in [0, 0.05) is 55.6 Å². The van der Waals surface area contributed by atoms with Crippen molar-refractivity contribution in [3.05, 3.63) is 59.4 Å². The first kappa shape index (κ1) is 25.3. The van der Waals surface area contributed by atoms with Crippen molar-refractivity contribution < 1.29 is 36.3 Å². The van der Waals surface area contributed by atoms with Crippen molar-refractivity contribution in [1.82, 2.24) is 20.5 Å². The van der Waals surface area contributed by atoms with Gasteiger partial charge in [-0.15, -0.1) is 0 Å². The molecule has 2 saturated heterocycles. The molecule has 0 bridgehead atoms. The SMILES string of the molecule is C[C@H]1CN(C(=O)CCC2(c3ccc(C(F)(F)F)nc3)NC(=O)NC2=O)CCN1c1cc(F)cc(F)c1. The van der Waals surface area contributed by atoms with Gasteiger partial charge in [-0.1, -0.05) is 6.07 Å². The van der Waals surface area contributed by atoms with E-state index in [2.05, 4.69) is 15.6 Å². The average molecular weight is 511 g/mol. The van der Waals surface area contributed by atoms with E-state index in [4.69, 9.17) is 0 Å². The van der Waals surface area contributed by atoms with Gasteiger partial charge in [0.2, 0.25) is 5.91 Å². The molecule has 36 heavy (non-hydrogen) atoms. The fourth-order valence-electron chi connectivity index (χ4n) is 4.55. The van der Waals surface area contributed by atoms with Crippen LogP contribution < -0.4 is 15.5 Å². The molecular weight excluding hydrogens is 489 g/mol. The van der Waals surface area contributed by atoms with E-state index >= 15 is 0 Å². The molecule has 1 unspecified atom stereocenters. The van der Waals surface area contributed by atoms with Gasteiger partial charge < -0.3 is 15.1 Å². The van der Waals surface area contributed by atoms with Crippen LogP contribution in [-0.4, -0.2) is 53.4 Å². The molecule has 0 saturated carbocycles. The summed E-state index contributed by atoms with van der Waals surface area (Å²) in [5.74, 6) is -2.57. The monoisotopic (exact) mass is 511 g/mol. The number of alkyl halides is 3. The van der Waals surface area contributed by atoms with Crippen molar-refractivity contribution in [3.63, 3.8) is 0 Å². The number of rotatable bonds is 5. The number of pyridine rings is 1. The fourth-order valence-corrected chi connectivity index (χ4v) is 4.55. The summed E-state index contributed by atoms with van der Waals surface area (Å²) in [5, 5.41) is 4.49. The zero-order chi connectivity index (χ0) is 26.3. The summed E-state index contributed by atoms with van der Waals surface area (Å²) in [7, 11) is 0. The molecule has 1 aromatic heterocycles. The molecule has 2 N–H and O–H groups in total. The Labute approximate surface area is 202 Å². The van der Waals surface area contributed by atoms with Crippen LogP contribution in [0.15, 0.2) is 36.5 Å². The molecule has 3 heterocycles. The van der Waals surface area contributed by atoms with E-state index in [1.165, 1.54) is 17.0 Å². The molecule has 0 aliphatic carbocycles. The van der Waals surface area contributed by atoms with E-state index in [0.29, 0.717) is 18.3 Å². The highest BCUT2D eigenvalue weighted by atomic mass is 19.4. The molecule has 2 aromatic rings. The molecule has 0 spiro atoms. The maximum Gasteiger partial charge on any atom is 0.433 e. The Morgan fingerprint density at radius 3 is 2.36 bits per heavy atom. The van der Waals surface area contributed by atoms with Gasteiger partial charge in [-0.3, -0.25) is 19.9 Å². The zero-order valence-corrected chi connectivity index (χ0v) is 19.0. The van der Waals surface area contributed by atoms with E-state index in [1.54, 1.807) is 11.8 Å². The van der Waals surface area contributed by atoms with Crippen molar-refractivity contribution in [2.75, 3.05) is 24.5 Å². The molecule has 13 heteroatoms. The molecular formula is C23H22F5N5O3. The number of urea groups is 1. The van der Waals surface area contributed by atoms with Gasteiger partial charge in [0.25, 0.3) is 5.91 Å². The second kappa shape index (κ2) is 9.36. The Kier molecular flexibility index (Phi) is 6.58. The number of hydrogen-bond donors (Lipinski definition) is 2. The average Bonchev–Trinajstić information content (AvgIpc) is 3.10. The summed E-state index contributed by atoms with van der Waals surface area (Å²) in [6, 6.07) is 3.83. The molecule has 1 aromatic carbocycles. The van der Waals surface area contributed by atoms with Crippen LogP contribution in [0.2, 0.25) is 0 Å². The lowest BCUT2D eigenvalue weighted by atomic mass is 9.86. The standard InChI is InChI=1S/C23H22F5N5O3/c1-13-12-32(6-7-33(13)17-9-15(24)8-16(25)10-17)19(34)4-5-22(20(35)30-21(36)31-22)14-2-3-18(29-11-14)23(26,27)28/h2-3,8-11,13H,4-7,12H2,1H3,(H2,30,31,35,36)/t13-,22?/m0/s1. The first-order valence-electron chi connectivity index (χ1n) is 11.1. The minimum atomic E-state index is -4.68. The number of nitrogens with zero attached hydrogens (tertiary/aromatic N) is 3. The number of amides is 4. The van der Waals surface area contributed by atoms with Gasteiger partial charge in [-0.25, -0.2) is 13.6 Å². The quantitative estimate of drug-likeness (QED) is 0.476. The Morgan fingerprint density at radius 1 is 1.14 bits per heavy atom. The van der Waals surface area contributed by atoms with E-state index in [9.17, 15) is 36.3 Å². The second-order valence-corrected chi connectivity index (χ2v) is 8.75. The number of hydrogen-bond acceptors (Lipinski definition) is 5. The Hall–Kier alpha value is -3.77. The summed E-state index contributed by atoms with van der Waals surface area (Å²) in [5.41, 5.74) is -2.55. The Morgan fingerprint density at radius 2 is 1.83 bits per heavy atom. The third-order valence-corrected chi connectivity index (χ3v) is 6.36. The number of aromatic nitrogens is 1. The van der Waals surface area contributed by atoms with Crippen molar-refractivity contribution in [2.24, 2.45) is 0 Å². The Bertz CT molecular complexity index is 1170. The number of piperazine rings is 1. The third-order valence-electron chi connectivity index (χ3n) is 6.36. The molecule has 192 valence electrons. The predicted molar refractivity (Wildman–Crippen MR) is 117 cm³/mol. The number of imide groups is 1. The topological polar surface area (TPSA) is 94.6 Å². The highest BCUT2D eigenvalue weighted by Gasteiger charge is 2.48. The van der Waals surface area contributed by atoms with Crippen molar-refractivity contribution in [1.29, 1.82) is 0 Å². The summed E-state index contributed by atoms with van der Waals surface area (Å²) in [6.07, 6.45) is -4.23. The molecule has 4 rings (SSSR count). The number of carbonyl (C=O) groups is 3. The predicted octanol–water partition coefficient (Wildman–Crippen LogP) is 2.93. The van der Waals surface area contributed by atoms with Crippen LogP contribution >= 0.6 is 0 Å². The Balaban J connectivity index is 1.46. The molecule has 2 aliphatic rings. The highest BCUT2D eigenvalue weighted by molar-refractivity contribution is 6.07. The van der Waals surface area contributed by atoms with Crippen LogP contribution in [0.25, 0.3) is 0 Å². The maximum atomic E-state index is 13.6.